The molecular weight excluding hydrogens is 366 g/mol. The Morgan fingerprint density at radius 1 is 1.22 bits per heavy atom. The van der Waals surface area contributed by atoms with Gasteiger partial charge in [-0.2, -0.15) is 0 Å². The number of carbonyl (C=O) groups is 2. The largest absolute Gasteiger partial charge is 0.481 e. The lowest BCUT2D eigenvalue weighted by Crippen LogP contribution is -2.28. The van der Waals surface area contributed by atoms with Crippen molar-refractivity contribution in [1.29, 1.82) is 0 Å². The monoisotopic (exact) mass is 395 g/mol. The molecule has 27 heavy (non-hydrogen) atoms. The summed E-state index contributed by atoms with van der Waals surface area (Å²) in [5, 5.41) is 21.2. The number of rotatable bonds is 10. The molecule has 150 valence electrons. The molecule has 0 aromatic heterocycles. The van der Waals surface area contributed by atoms with E-state index in [2.05, 4.69) is 54.1 Å². The van der Waals surface area contributed by atoms with E-state index >= 15 is 0 Å². The molecule has 0 fully saturated rings. The van der Waals surface area contributed by atoms with E-state index in [1.165, 1.54) is 5.56 Å². The molecule has 1 aromatic rings. The Morgan fingerprint density at radius 3 is 2.30 bits per heavy atom. The zero-order chi connectivity index (χ0) is 20.1. The Bertz CT molecular complexity index is 584. The van der Waals surface area contributed by atoms with Gasteiger partial charge >= 0.3 is 11.9 Å². The first kappa shape index (κ1) is 23.2. The number of hydrogen-bond donors (Lipinski definition) is 3. The van der Waals surface area contributed by atoms with Crippen LogP contribution in [0.25, 0.3) is 0 Å². The third-order valence-electron chi connectivity index (χ3n) is 4.08. The number of nitrogens with one attached hydrogen (secondary N) is 1. The molecule has 0 saturated heterocycles. The fourth-order valence-corrected chi connectivity index (χ4v) is 3.52. The molecule has 1 aromatic carbocycles. The lowest BCUT2D eigenvalue weighted by molar-refractivity contribution is -0.143. The van der Waals surface area contributed by atoms with E-state index in [1.54, 1.807) is 0 Å². The van der Waals surface area contributed by atoms with Crippen LogP contribution < -0.4 is 5.32 Å². The summed E-state index contributed by atoms with van der Waals surface area (Å²) in [5.74, 6) is -2.15. The van der Waals surface area contributed by atoms with Crippen molar-refractivity contribution in [3.05, 3.63) is 47.4 Å². The van der Waals surface area contributed by atoms with Crippen LogP contribution in [-0.4, -0.2) is 40.7 Å². The Kier molecular flexibility index (Phi) is 10.8. The Balaban J connectivity index is 0.000000387. The molecule has 7 heteroatoms. The maximum absolute atomic E-state index is 9.64. The van der Waals surface area contributed by atoms with Gasteiger partial charge in [-0.15, -0.1) is 0 Å². The van der Waals surface area contributed by atoms with E-state index in [0.717, 1.165) is 25.8 Å². The lowest BCUT2D eigenvalue weighted by Gasteiger charge is -2.32. The average molecular weight is 396 g/mol. The van der Waals surface area contributed by atoms with Gasteiger partial charge in [0.15, 0.2) is 0 Å². The van der Waals surface area contributed by atoms with Crippen LogP contribution in [0.15, 0.2) is 41.8 Å². The van der Waals surface area contributed by atoms with Gasteiger partial charge in [-0.25, -0.2) is 0 Å². The molecule has 2 rings (SSSR count). The molecule has 6 nitrogen and oxygen atoms in total. The molecule has 2 unspecified atom stereocenters. The van der Waals surface area contributed by atoms with Crippen LogP contribution in [0.2, 0.25) is 0 Å². The molecule has 1 aliphatic heterocycles. The van der Waals surface area contributed by atoms with Crippen LogP contribution in [-0.2, 0) is 14.3 Å². The first-order valence-electron chi connectivity index (χ1n) is 9.06. The summed E-state index contributed by atoms with van der Waals surface area (Å²) in [6, 6.07) is 10.6. The Hall–Kier alpha value is -1.83. The number of aliphatic carboxylic acids is 2. The van der Waals surface area contributed by atoms with Crippen LogP contribution in [0, 0.1) is 0 Å². The molecule has 0 amide bonds. The van der Waals surface area contributed by atoms with Gasteiger partial charge in [0, 0.05) is 6.42 Å². The molecule has 0 radical (unpaired) electrons. The van der Waals surface area contributed by atoms with Gasteiger partial charge in [0.05, 0.1) is 18.9 Å². The van der Waals surface area contributed by atoms with Gasteiger partial charge in [0.2, 0.25) is 0 Å². The zero-order valence-electron chi connectivity index (χ0n) is 15.9. The third kappa shape index (κ3) is 9.08. The lowest BCUT2D eigenvalue weighted by atomic mass is 10.1. The van der Waals surface area contributed by atoms with E-state index in [4.69, 9.17) is 14.9 Å². The molecule has 1 aliphatic rings. The summed E-state index contributed by atoms with van der Waals surface area (Å²) in [6.07, 6.45) is 4.84. The van der Waals surface area contributed by atoms with E-state index in [9.17, 15) is 9.59 Å². The minimum absolute atomic E-state index is 0.0613. The standard InChI is InChI=1S/C16H23NOS.C4H6O4/c1-3-16(11-7-13-19-16)18-15(10-12-17-2)14-8-5-4-6-9-14;5-3(6)1-2-4(7)8/h4-9,13,15,17H,3,10-12H2,1-2H3;1-2H2,(H,5,6)(H,7,8). The van der Waals surface area contributed by atoms with Crippen LogP contribution in [0.1, 0.15) is 50.7 Å². The molecule has 0 bridgehead atoms. The van der Waals surface area contributed by atoms with Crippen LogP contribution in [0.3, 0.4) is 0 Å². The average Bonchev–Trinajstić information content (AvgIpc) is 3.14. The van der Waals surface area contributed by atoms with Crippen molar-refractivity contribution >= 4 is 23.7 Å². The van der Waals surface area contributed by atoms with Gasteiger partial charge in [0.1, 0.15) is 4.93 Å². The van der Waals surface area contributed by atoms with Gasteiger partial charge in [-0.1, -0.05) is 55.1 Å². The zero-order valence-corrected chi connectivity index (χ0v) is 16.7. The molecule has 0 saturated carbocycles. The van der Waals surface area contributed by atoms with Crippen molar-refractivity contribution in [2.24, 2.45) is 0 Å². The summed E-state index contributed by atoms with van der Waals surface area (Å²) >= 11 is 1.82. The molecule has 1 heterocycles. The fourth-order valence-electron chi connectivity index (χ4n) is 2.54. The summed E-state index contributed by atoms with van der Waals surface area (Å²) in [4.78, 5) is 19.2. The second-order valence-corrected chi connectivity index (χ2v) is 7.41. The molecular formula is C20H29NO5S. The maximum atomic E-state index is 9.64. The van der Waals surface area contributed by atoms with Gasteiger partial charge < -0.3 is 20.3 Å². The Morgan fingerprint density at radius 2 is 1.85 bits per heavy atom. The highest BCUT2D eigenvalue weighted by atomic mass is 32.2. The smallest absolute Gasteiger partial charge is 0.303 e. The predicted octanol–water partition coefficient (Wildman–Crippen LogP) is 4.05. The number of ether oxygens (including phenoxy) is 1. The summed E-state index contributed by atoms with van der Waals surface area (Å²) in [5.41, 5.74) is 1.28. The molecule has 2 atom stereocenters. The number of hydrogen-bond acceptors (Lipinski definition) is 5. The minimum Gasteiger partial charge on any atom is -0.481 e. The Labute approximate surface area is 165 Å². The van der Waals surface area contributed by atoms with Gasteiger partial charge in [-0.05, 0) is 37.4 Å². The van der Waals surface area contributed by atoms with Crippen LogP contribution in [0.4, 0.5) is 0 Å². The first-order chi connectivity index (χ1) is 12.9. The summed E-state index contributed by atoms with van der Waals surface area (Å²) in [7, 11) is 1.99. The van der Waals surface area contributed by atoms with Gasteiger partial charge in [-0.3, -0.25) is 9.59 Å². The second kappa shape index (κ2) is 12.5. The highest BCUT2D eigenvalue weighted by molar-refractivity contribution is 8.03. The normalized spacial score (nSPS) is 19.2. The van der Waals surface area contributed by atoms with Crippen molar-refractivity contribution in [3.8, 4) is 0 Å². The second-order valence-electron chi connectivity index (χ2n) is 6.15. The van der Waals surface area contributed by atoms with E-state index in [-0.39, 0.29) is 23.9 Å². The van der Waals surface area contributed by atoms with Crippen molar-refractivity contribution in [1.82, 2.24) is 5.32 Å². The van der Waals surface area contributed by atoms with E-state index in [0.29, 0.717) is 0 Å². The van der Waals surface area contributed by atoms with Crippen LogP contribution in [0.5, 0.6) is 0 Å². The van der Waals surface area contributed by atoms with Crippen molar-refractivity contribution in [2.45, 2.75) is 50.1 Å². The van der Waals surface area contributed by atoms with Gasteiger partial charge in [0.25, 0.3) is 0 Å². The quantitative estimate of drug-likeness (QED) is 0.550. The van der Waals surface area contributed by atoms with Crippen molar-refractivity contribution in [3.63, 3.8) is 0 Å². The summed E-state index contributed by atoms with van der Waals surface area (Å²) in [6.45, 7) is 3.18. The topological polar surface area (TPSA) is 95.9 Å². The maximum Gasteiger partial charge on any atom is 0.303 e. The number of carboxylic acids is 2. The van der Waals surface area contributed by atoms with Crippen molar-refractivity contribution in [2.75, 3.05) is 13.6 Å². The summed E-state index contributed by atoms with van der Waals surface area (Å²) < 4.78 is 6.50. The first-order valence-corrected chi connectivity index (χ1v) is 9.94. The number of benzene rings is 1. The molecule has 3 N–H and O–H groups in total. The van der Waals surface area contributed by atoms with Crippen molar-refractivity contribution < 1.29 is 24.5 Å². The molecule has 0 aliphatic carbocycles. The highest BCUT2D eigenvalue weighted by Gasteiger charge is 2.34. The van der Waals surface area contributed by atoms with E-state index in [1.807, 2.05) is 18.8 Å². The van der Waals surface area contributed by atoms with E-state index < -0.39 is 11.9 Å². The highest BCUT2D eigenvalue weighted by Crippen LogP contribution is 2.44. The number of carboxylic acid groups (broad SMARTS) is 2. The number of thioether (sulfide) groups is 1. The molecule has 0 spiro atoms. The predicted molar refractivity (Wildman–Crippen MR) is 108 cm³/mol. The minimum atomic E-state index is -1.08. The third-order valence-corrected chi connectivity index (χ3v) is 5.39. The van der Waals surface area contributed by atoms with Crippen LogP contribution >= 0.6 is 11.8 Å². The SMILES string of the molecule is CCC1(OC(CCNC)c2ccccc2)CC=CS1.O=C(O)CCC(=O)O. The fraction of sp³-hybridized carbons (Fsp3) is 0.500.